The van der Waals surface area contributed by atoms with Crippen LogP contribution in [0, 0.1) is 0 Å². The molecule has 2 atom stereocenters. The minimum Gasteiger partial charge on any atom is -0.460 e. The normalized spacial score (nSPS) is 28.7. The molecule has 16 heavy (non-hydrogen) atoms. The molecule has 0 aromatic carbocycles. The number of ether oxygens (including phenoxy) is 3. The third-order valence-corrected chi connectivity index (χ3v) is 2.14. The average molecular weight is 229 g/mol. The third-order valence-electron chi connectivity index (χ3n) is 2.14. The summed E-state index contributed by atoms with van der Waals surface area (Å²) in [5, 5.41) is 3.54. The van der Waals surface area contributed by atoms with Gasteiger partial charge in [-0.2, -0.15) is 0 Å². The Morgan fingerprint density at radius 1 is 1.50 bits per heavy atom. The molecular formula is C9H15N3O4. The Morgan fingerprint density at radius 2 is 2.12 bits per heavy atom. The van der Waals surface area contributed by atoms with Crippen molar-refractivity contribution in [1.82, 2.24) is 0 Å². The number of nitrogens with zero attached hydrogens (tertiary/aromatic N) is 3. The van der Waals surface area contributed by atoms with Gasteiger partial charge in [-0.15, -0.1) is 0 Å². The van der Waals surface area contributed by atoms with Crippen LogP contribution in [0.2, 0.25) is 0 Å². The maximum atomic E-state index is 10.9. The number of hydrogen-bond donors (Lipinski definition) is 0. The minimum absolute atomic E-state index is 0.149. The molecule has 0 N–H and O–H groups in total. The summed E-state index contributed by atoms with van der Waals surface area (Å²) in [4.78, 5) is 13.6. The predicted molar refractivity (Wildman–Crippen MR) is 54.5 cm³/mol. The summed E-state index contributed by atoms with van der Waals surface area (Å²) in [6.07, 6.45) is -0.602. The molecule has 1 aliphatic heterocycles. The van der Waals surface area contributed by atoms with Crippen LogP contribution in [0.25, 0.3) is 10.4 Å². The maximum Gasteiger partial charge on any atom is 0.302 e. The number of esters is 1. The number of carbonyl (C=O) groups is 1. The minimum atomic E-state index is -0.766. The first-order valence-corrected chi connectivity index (χ1v) is 4.94. The largest absolute Gasteiger partial charge is 0.460 e. The van der Waals surface area contributed by atoms with Crippen LogP contribution in [0.5, 0.6) is 0 Å². The molecule has 0 aromatic rings. The highest BCUT2D eigenvalue weighted by atomic mass is 16.7. The van der Waals surface area contributed by atoms with Gasteiger partial charge in [0.05, 0.1) is 13.2 Å². The van der Waals surface area contributed by atoms with Gasteiger partial charge < -0.3 is 14.2 Å². The highest BCUT2D eigenvalue weighted by molar-refractivity contribution is 5.66. The van der Waals surface area contributed by atoms with E-state index in [1.807, 2.05) is 0 Å². The second-order valence-corrected chi connectivity index (χ2v) is 3.94. The lowest BCUT2D eigenvalue weighted by Crippen LogP contribution is -2.34. The molecule has 0 spiro atoms. The lowest BCUT2D eigenvalue weighted by Gasteiger charge is -2.22. The molecule has 0 bridgehead atoms. The van der Waals surface area contributed by atoms with Gasteiger partial charge >= 0.3 is 5.97 Å². The van der Waals surface area contributed by atoms with E-state index in [0.29, 0.717) is 0 Å². The van der Waals surface area contributed by atoms with Crippen LogP contribution in [-0.4, -0.2) is 37.1 Å². The zero-order valence-electron chi connectivity index (χ0n) is 9.54. The van der Waals surface area contributed by atoms with E-state index in [0.717, 1.165) is 0 Å². The predicted octanol–water partition coefficient (Wildman–Crippen LogP) is 1.38. The van der Waals surface area contributed by atoms with Crippen molar-refractivity contribution >= 4 is 5.97 Å². The van der Waals surface area contributed by atoms with Crippen molar-refractivity contribution < 1.29 is 19.0 Å². The number of rotatable bonds is 2. The molecule has 0 aliphatic carbocycles. The summed E-state index contributed by atoms with van der Waals surface area (Å²) in [7, 11) is 0. The summed E-state index contributed by atoms with van der Waals surface area (Å²) >= 11 is 0. The van der Waals surface area contributed by atoms with Gasteiger partial charge in [-0.3, -0.25) is 4.79 Å². The van der Waals surface area contributed by atoms with Gasteiger partial charge in [0.15, 0.2) is 5.79 Å². The van der Waals surface area contributed by atoms with Crippen molar-refractivity contribution in [3.8, 4) is 0 Å². The summed E-state index contributed by atoms with van der Waals surface area (Å²) in [6.45, 7) is 5.10. The van der Waals surface area contributed by atoms with E-state index in [1.54, 1.807) is 13.8 Å². The van der Waals surface area contributed by atoms with Gasteiger partial charge in [-0.05, 0) is 19.4 Å². The maximum absolute atomic E-state index is 10.9. The molecular weight excluding hydrogens is 214 g/mol. The Hall–Kier alpha value is -1.30. The van der Waals surface area contributed by atoms with Crippen LogP contribution in [0.1, 0.15) is 20.8 Å². The van der Waals surface area contributed by atoms with E-state index in [9.17, 15) is 4.79 Å². The molecule has 1 rings (SSSR count). The quantitative estimate of drug-likeness (QED) is 0.309. The van der Waals surface area contributed by atoms with Gasteiger partial charge in [0.1, 0.15) is 12.1 Å². The highest BCUT2D eigenvalue weighted by Gasteiger charge is 2.33. The van der Waals surface area contributed by atoms with Crippen LogP contribution >= 0.6 is 0 Å². The van der Waals surface area contributed by atoms with Crippen LogP contribution in [-0.2, 0) is 19.0 Å². The molecule has 1 saturated heterocycles. The first-order valence-electron chi connectivity index (χ1n) is 4.94. The Kier molecular flexibility index (Phi) is 4.12. The summed E-state index contributed by atoms with van der Waals surface area (Å²) in [6, 6.07) is -0.560. The van der Waals surface area contributed by atoms with Crippen molar-refractivity contribution in [2.24, 2.45) is 5.11 Å². The highest BCUT2D eigenvalue weighted by Crippen LogP contribution is 2.20. The topological polar surface area (TPSA) is 93.5 Å². The molecule has 90 valence electrons. The molecule has 0 unspecified atom stereocenters. The molecule has 1 heterocycles. The Bertz CT molecular complexity index is 312. The average Bonchev–Trinajstić information content (AvgIpc) is 2.30. The van der Waals surface area contributed by atoms with Crippen molar-refractivity contribution in [2.75, 3.05) is 13.2 Å². The molecule has 7 nitrogen and oxygen atoms in total. The van der Waals surface area contributed by atoms with Gasteiger partial charge in [0.25, 0.3) is 0 Å². The number of carbonyl (C=O) groups excluding carboxylic acids is 1. The van der Waals surface area contributed by atoms with E-state index >= 15 is 0 Å². The molecule has 0 amide bonds. The Morgan fingerprint density at radius 3 is 2.69 bits per heavy atom. The second-order valence-electron chi connectivity index (χ2n) is 3.94. The van der Waals surface area contributed by atoms with Gasteiger partial charge in [-0.25, -0.2) is 0 Å². The standard InChI is InChI=1S/C9H15N3O4/c1-6(13)16-8-5-15-9(2,3)14-4-7(8)11-12-10/h7-8H,4-5H2,1-3H3/t7-,8-/m1/s1. The Labute approximate surface area is 93.3 Å². The fourth-order valence-electron chi connectivity index (χ4n) is 1.33. The summed E-state index contributed by atoms with van der Waals surface area (Å²) in [5.41, 5.74) is 8.41. The SMILES string of the molecule is CC(=O)O[C@@H]1COC(C)(C)OC[C@H]1N=[N+]=[N-]. The van der Waals surface area contributed by atoms with Crippen molar-refractivity contribution in [3.63, 3.8) is 0 Å². The van der Waals surface area contributed by atoms with E-state index in [2.05, 4.69) is 10.0 Å². The number of azide groups is 1. The first-order chi connectivity index (χ1) is 7.44. The van der Waals surface area contributed by atoms with Crippen molar-refractivity contribution in [2.45, 2.75) is 38.7 Å². The van der Waals surface area contributed by atoms with Crippen LogP contribution in [0.15, 0.2) is 5.11 Å². The van der Waals surface area contributed by atoms with Gasteiger partial charge in [-0.1, -0.05) is 5.11 Å². The van der Waals surface area contributed by atoms with Gasteiger partial charge in [0, 0.05) is 11.8 Å². The van der Waals surface area contributed by atoms with Gasteiger partial charge in [0.2, 0.25) is 0 Å². The Balaban J connectivity index is 2.76. The first kappa shape index (κ1) is 12.8. The van der Waals surface area contributed by atoms with Crippen LogP contribution < -0.4 is 0 Å². The van der Waals surface area contributed by atoms with E-state index in [4.69, 9.17) is 19.7 Å². The summed E-state index contributed by atoms with van der Waals surface area (Å²) in [5.74, 6) is -1.20. The van der Waals surface area contributed by atoms with E-state index in [1.165, 1.54) is 6.92 Å². The number of hydrogen-bond acceptors (Lipinski definition) is 5. The fourth-order valence-corrected chi connectivity index (χ4v) is 1.33. The van der Waals surface area contributed by atoms with Crippen molar-refractivity contribution in [1.29, 1.82) is 0 Å². The monoisotopic (exact) mass is 229 g/mol. The molecule has 0 saturated carbocycles. The smallest absolute Gasteiger partial charge is 0.302 e. The second kappa shape index (κ2) is 5.16. The van der Waals surface area contributed by atoms with E-state index in [-0.39, 0.29) is 13.2 Å². The lowest BCUT2D eigenvalue weighted by molar-refractivity contribution is -0.205. The zero-order chi connectivity index (χ0) is 12.2. The lowest BCUT2D eigenvalue weighted by atomic mass is 10.2. The van der Waals surface area contributed by atoms with Crippen LogP contribution in [0.4, 0.5) is 0 Å². The molecule has 0 aromatic heterocycles. The molecule has 0 radical (unpaired) electrons. The zero-order valence-corrected chi connectivity index (χ0v) is 9.54. The fraction of sp³-hybridized carbons (Fsp3) is 0.889. The molecule has 1 fully saturated rings. The molecule has 7 heteroatoms. The third kappa shape index (κ3) is 3.69. The van der Waals surface area contributed by atoms with Crippen LogP contribution in [0.3, 0.4) is 0 Å². The van der Waals surface area contributed by atoms with Crippen molar-refractivity contribution in [3.05, 3.63) is 10.4 Å². The summed E-state index contributed by atoms with van der Waals surface area (Å²) < 4.78 is 15.8. The molecule has 1 aliphatic rings. The van der Waals surface area contributed by atoms with E-state index < -0.39 is 23.9 Å².